The Balaban J connectivity index is 2.97. The molecule has 5 nitrogen and oxygen atoms in total. The quantitative estimate of drug-likeness (QED) is 0.685. The molecule has 1 heterocycles. The van der Waals surface area contributed by atoms with E-state index in [1.54, 1.807) is 13.8 Å². The van der Waals surface area contributed by atoms with Crippen LogP contribution in [0, 0.1) is 5.92 Å². The molecule has 0 aliphatic carbocycles. The molecular formula is C10H16O5. The summed E-state index contributed by atoms with van der Waals surface area (Å²) in [6, 6.07) is 0. The van der Waals surface area contributed by atoms with E-state index < -0.39 is 23.6 Å². The summed E-state index contributed by atoms with van der Waals surface area (Å²) in [7, 11) is 1.21. The van der Waals surface area contributed by atoms with Crippen molar-refractivity contribution in [2.75, 3.05) is 7.11 Å². The van der Waals surface area contributed by atoms with Gasteiger partial charge >= 0.3 is 11.9 Å². The highest BCUT2D eigenvalue weighted by Gasteiger charge is 2.54. The molecule has 1 rings (SSSR count). The Labute approximate surface area is 88.4 Å². The molecule has 0 unspecified atom stereocenters. The number of ether oxygens (including phenoxy) is 2. The molecule has 0 spiro atoms. The van der Waals surface area contributed by atoms with Crippen molar-refractivity contribution in [3.8, 4) is 0 Å². The number of hydrogen-bond donors (Lipinski definition) is 1. The maximum absolute atomic E-state index is 11.6. The minimum Gasteiger partial charge on any atom is -0.466 e. The second kappa shape index (κ2) is 4.18. The average Bonchev–Trinajstić information content (AvgIpc) is 2.59. The highest BCUT2D eigenvalue weighted by molar-refractivity contribution is 5.87. The molecule has 0 bridgehead atoms. The lowest BCUT2D eigenvalue weighted by Gasteiger charge is -2.31. The third kappa shape index (κ3) is 1.97. The lowest BCUT2D eigenvalue weighted by molar-refractivity contribution is -0.187. The van der Waals surface area contributed by atoms with Crippen LogP contribution in [0.1, 0.15) is 26.7 Å². The molecule has 1 N–H and O–H groups in total. The number of carbonyl (C=O) groups excluding carboxylic acids is 2. The van der Waals surface area contributed by atoms with Crippen LogP contribution in [0.5, 0.6) is 0 Å². The fourth-order valence-electron chi connectivity index (χ4n) is 1.78. The van der Waals surface area contributed by atoms with Gasteiger partial charge in [0.05, 0.1) is 13.5 Å². The van der Waals surface area contributed by atoms with Crippen molar-refractivity contribution >= 4 is 11.9 Å². The summed E-state index contributed by atoms with van der Waals surface area (Å²) in [6.45, 7) is 3.50. The lowest BCUT2D eigenvalue weighted by Crippen LogP contribution is -2.52. The number of esters is 2. The predicted molar refractivity (Wildman–Crippen MR) is 50.9 cm³/mol. The van der Waals surface area contributed by atoms with E-state index in [0.29, 0.717) is 0 Å². The average molecular weight is 216 g/mol. The topological polar surface area (TPSA) is 72.8 Å². The van der Waals surface area contributed by atoms with Crippen LogP contribution >= 0.6 is 0 Å². The number of hydrogen-bond acceptors (Lipinski definition) is 5. The van der Waals surface area contributed by atoms with Gasteiger partial charge in [-0.2, -0.15) is 0 Å². The van der Waals surface area contributed by atoms with Crippen molar-refractivity contribution in [3.05, 3.63) is 0 Å². The van der Waals surface area contributed by atoms with Gasteiger partial charge < -0.3 is 14.6 Å². The van der Waals surface area contributed by atoms with Crippen molar-refractivity contribution in [1.29, 1.82) is 0 Å². The second-order valence-electron chi connectivity index (χ2n) is 4.04. The van der Waals surface area contributed by atoms with Gasteiger partial charge in [-0.1, -0.05) is 13.8 Å². The summed E-state index contributed by atoms with van der Waals surface area (Å²) in [6.07, 6.45) is -0.715. The molecule has 0 aromatic rings. The van der Waals surface area contributed by atoms with E-state index in [9.17, 15) is 14.7 Å². The summed E-state index contributed by atoms with van der Waals surface area (Å²) in [5, 5.41) is 9.92. The van der Waals surface area contributed by atoms with Gasteiger partial charge in [-0.15, -0.1) is 0 Å². The molecule has 2 atom stereocenters. The zero-order valence-electron chi connectivity index (χ0n) is 9.15. The minimum atomic E-state index is -1.50. The summed E-state index contributed by atoms with van der Waals surface area (Å²) < 4.78 is 9.54. The summed E-state index contributed by atoms with van der Waals surface area (Å²) in [5.74, 6) is -1.34. The molecule has 1 fully saturated rings. The first-order valence-electron chi connectivity index (χ1n) is 4.92. The van der Waals surface area contributed by atoms with Gasteiger partial charge in [0.15, 0.2) is 0 Å². The highest BCUT2D eigenvalue weighted by Crippen LogP contribution is 2.34. The van der Waals surface area contributed by atoms with Crippen molar-refractivity contribution in [2.45, 2.75) is 38.4 Å². The van der Waals surface area contributed by atoms with E-state index in [-0.39, 0.29) is 18.8 Å². The van der Waals surface area contributed by atoms with Gasteiger partial charge in [0.2, 0.25) is 5.60 Å². The first-order valence-corrected chi connectivity index (χ1v) is 4.92. The van der Waals surface area contributed by atoms with E-state index >= 15 is 0 Å². The first-order chi connectivity index (χ1) is 6.94. The van der Waals surface area contributed by atoms with Crippen molar-refractivity contribution in [3.63, 3.8) is 0 Å². The maximum atomic E-state index is 11.6. The first kappa shape index (κ1) is 12.0. The van der Waals surface area contributed by atoms with E-state index in [1.807, 2.05) is 0 Å². The molecule has 15 heavy (non-hydrogen) atoms. The molecule has 0 radical (unpaired) electrons. The zero-order chi connectivity index (χ0) is 11.6. The molecule has 0 aromatic carbocycles. The summed E-state index contributed by atoms with van der Waals surface area (Å²) >= 11 is 0. The number of aliphatic hydroxyl groups excluding tert-OH is 1. The Bertz CT molecular complexity index is 273. The number of aliphatic hydroxyl groups is 1. The largest absolute Gasteiger partial charge is 0.466 e. The Morgan fingerprint density at radius 3 is 2.53 bits per heavy atom. The number of methoxy groups -OCH3 is 1. The van der Waals surface area contributed by atoms with Crippen LogP contribution in [0.2, 0.25) is 0 Å². The molecule has 0 amide bonds. The number of cyclic esters (lactones) is 1. The van der Waals surface area contributed by atoms with Gasteiger partial charge in [0, 0.05) is 6.42 Å². The van der Waals surface area contributed by atoms with Crippen LogP contribution in [-0.2, 0) is 19.1 Å². The third-order valence-corrected chi connectivity index (χ3v) is 2.64. The van der Waals surface area contributed by atoms with Crippen LogP contribution in [0.4, 0.5) is 0 Å². The van der Waals surface area contributed by atoms with E-state index in [0.717, 1.165) is 0 Å². The molecule has 5 heteroatoms. The Morgan fingerprint density at radius 1 is 1.60 bits per heavy atom. The number of carbonyl (C=O) groups is 2. The second-order valence-corrected chi connectivity index (χ2v) is 4.04. The van der Waals surface area contributed by atoms with Crippen LogP contribution in [0.15, 0.2) is 0 Å². The maximum Gasteiger partial charge on any atom is 0.353 e. The van der Waals surface area contributed by atoms with Gasteiger partial charge in [-0.25, -0.2) is 4.79 Å². The van der Waals surface area contributed by atoms with Gasteiger partial charge in [0.25, 0.3) is 0 Å². The van der Waals surface area contributed by atoms with E-state index in [2.05, 4.69) is 4.74 Å². The molecule has 1 aliphatic heterocycles. The van der Waals surface area contributed by atoms with E-state index in [1.165, 1.54) is 7.11 Å². The van der Waals surface area contributed by atoms with Gasteiger partial charge in [-0.3, -0.25) is 4.79 Å². The van der Waals surface area contributed by atoms with Crippen molar-refractivity contribution in [1.82, 2.24) is 0 Å². The summed E-state index contributed by atoms with van der Waals surface area (Å²) in [4.78, 5) is 22.6. The van der Waals surface area contributed by atoms with Crippen LogP contribution in [-0.4, -0.2) is 35.9 Å². The van der Waals surface area contributed by atoms with Gasteiger partial charge in [0.1, 0.15) is 6.10 Å². The van der Waals surface area contributed by atoms with Crippen LogP contribution < -0.4 is 0 Å². The van der Waals surface area contributed by atoms with Crippen LogP contribution in [0.25, 0.3) is 0 Å². The Hall–Kier alpha value is -1.10. The normalized spacial score (nSPS) is 27.7. The van der Waals surface area contributed by atoms with Crippen molar-refractivity contribution < 1.29 is 24.2 Å². The lowest BCUT2D eigenvalue weighted by atomic mass is 9.86. The highest BCUT2D eigenvalue weighted by atomic mass is 16.6. The Morgan fingerprint density at radius 2 is 2.20 bits per heavy atom. The predicted octanol–water partition coefficient (Wildman–Crippen LogP) is 0.252. The molecule has 1 saturated heterocycles. The monoisotopic (exact) mass is 216 g/mol. The SMILES string of the molecule is COC(=O)[C@]1([C@@H](O)C(C)C)CCC(=O)O1. The standard InChI is InChI=1S/C10H16O5/c1-6(2)8(12)10(9(13)14-3)5-4-7(11)15-10/h6,8,12H,4-5H2,1-3H3/t8-,10+/m0/s1. The summed E-state index contributed by atoms with van der Waals surface area (Å²) in [5.41, 5.74) is -1.50. The number of rotatable bonds is 3. The molecule has 1 aliphatic rings. The molecular weight excluding hydrogens is 200 g/mol. The fourth-order valence-corrected chi connectivity index (χ4v) is 1.78. The smallest absolute Gasteiger partial charge is 0.353 e. The zero-order valence-corrected chi connectivity index (χ0v) is 9.15. The Kier molecular flexibility index (Phi) is 3.34. The molecule has 0 aromatic heterocycles. The van der Waals surface area contributed by atoms with Crippen LogP contribution in [0.3, 0.4) is 0 Å². The van der Waals surface area contributed by atoms with Crippen molar-refractivity contribution in [2.24, 2.45) is 5.92 Å². The third-order valence-electron chi connectivity index (χ3n) is 2.64. The fraction of sp³-hybridized carbons (Fsp3) is 0.800. The van der Waals surface area contributed by atoms with Gasteiger partial charge in [-0.05, 0) is 5.92 Å². The van der Waals surface area contributed by atoms with E-state index in [4.69, 9.17) is 4.74 Å². The molecule has 0 saturated carbocycles. The molecule has 86 valence electrons. The minimum absolute atomic E-state index is 0.138.